The number of aliphatic hydroxyl groups excluding tert-OH is 4. The highest BCUT2D eigenvalue weighted by Crippen LogP contribution is 2.36. The molecule has 0 bridgehead atoms. The maximum Gasteiger partial charge on any atom is 0.308 e. The van der Waals surface area contributed by atoms with E-state index in [2.05, 4.69) is 10.3 Å². The van der Waals surface area contributed by atoms with Gasteiger partial charge in [0, 0.05) is 89.4 Å². The molecule has 1 aromatic heterocycles. The van der Waals surface area contributed by atoms with Gasteiger partial charge < -0.3 is 63.1 Å². The standard InChI is InChI=1S/C54H85N5O17/c1-12-43-38(30-72-54-52(69-11)51(68-10)48(64)35(8)74-54)25-31(4)15-20-41(60)32(5)26-37(27-45(70-13-2)71-14-3)50(33(6)42(61)28-44(62)75-43)76-53-49(65)46(47(63)34(7)73-53)57(9)23-22-39-29-58(56-55-39)24-21-36-16-18-40(19-17-36)59(66)67/h15-20,25,29,32-35,37-38,42-43,45-54,61,63-65H,12-14,21-24,26-28,30H2,1-11H3/t32-,33+,34?,35?,37-,38-,42-,43-,46?,47?,48?,49?,50-,51?,52?,53?,54?/m1/s1. The Morgan fingerprint density at radius 2 is 1.54 bits per heavy atom. The Labute approximate surface area is 447 Å². The number of nitro benzene ring substituents is 1. The van der Waals surface area contributed by atoms with Gasteiger partial charge in [-0.05, 0) is 78.5 Å². The summed E-state index contributed by atoms with van der Waals surface area (Å²) in [6.07, 6.45) is -4.39. The molecule has 22 nitrogen and oxygen atoms in total. The van der Waals surface area contributed by atoms with Crippen molar-refractivity contribution < 1.29 is 77.6 Å². The van der Waals surface area contributed by atoms with E-state index in [1.54, 1.807) is 50.7 Å². The molecule has 0 saturated carbocycles. The number of likely N-dealkylation sites (N-methyl/N-ethyl adjacent to an activating group) is 1. The summed E-state index contributed by atoms with van der Waals surface area (Å²) in [6.45, 7) is 15.8. The van der Waals surface area contributed by atoms with Crippen molar-refractivity contribution in [3.05, 3.63) is 75.6 Å². The number of methoxy groups -OCH3 is 2. The summed E-state index contributed by atoms with van der Waals surface area (Å²) < 4.78 is 56.6. The third-order valence-electron chi connectivity index (χ3n) is 14.9. The van der Waals surface area contributed by atoms with Crippen molar-refractivity contribution in [3.8, 4) is 0 Å². The molecule has 0 radical (unpaired) electrons. The van der Waals surface area contributed by atoms with Crippen LogP contribution in [0.3, 0.4) is 0 Å². The molecule has 4 heterocycles. The monoisotopic (exact) mass is 1080 g/mol. The predicted octanol–water partition coefficient (Wildman–Crippen LogP) is 4.12. The van der Waals surface area contributed by atoms with Gasteiger partial charge in [-0.3, -0.25) is 29.3 Å². The number of cyclic esters (lactones) is 1. The molecule has 3 aliphatic heterocycles. The van der Waals surface area contributed by atoms with Crippen molar-refractivity contribution in [2.24, 2.45) is 23.7 Å². The number of esters is 1. The SMILES string of the molecule is CCOC(C[C@H]1C[C@@H](C)C(=O)C=CC(C)=C[C@H](COC2OC(C)C(O)C(OC)C2OC)[C@@H](CC)OC(=O)C[C@@H](O)[C@H](C)[C@H]1OC1OC(C)C(O)C(N(C)CCc2cn(CCc3ccc([N+](=O)[O-])cc3)nn2)C1O)OCC. The molecule has 76 heavy (non-hydrogen) atoms. The highest BCUT2D eigenvalue weighted by atomic mass is 16.7. The summed E-state index contributed by atoms with van der Waals surface area (Å²) in [6, 6.07) is 5.46. The molecule has 1 aromatic carbocycles. The maximum absolute atomic E-state index is 14.1. The summed E-state index contributed by atoms with van der Waals surface area (Å²) in [5.74, 6) is -3.43. The summed E-state index contributed by atoms with van der Waals surface area (Å²) in [5, 5.41) is 66.3. The summed E-state index contributed by atoms with van der Waals surface area (Å²) >= 11 is 0. The number of rotatable bonds is 22. The lowest BCUT2D eigenvalue weighted by molar-refractivity contribution is -0.384. The number of aryl methyl sites for hydroxylation is 2. The Balaban J connectivity index is 1.39. The number of ether oxygens (including phenoxy) is 9. The second kappa shape index (κ2) is 30.3. The van der Waals surface area contributed by atoms with E-state index >= 15 is 0 Å². The zero-order valence-corrected chi connectivity index (χ0v) is 46.1. The number of aliphatic hydroxyl groups is 4. The van der Waals surface area contributed by atoms with E-state index in [-0.39, 0.29) is 30.9 Å². The number of hydrogen-bond acceptors (Lipinski definition) is 20. The molecule has 2 saturated heterocycles. The minimum absolute atomic E-state index is 0.00905. The second-order valence-corrected chi connectivity index (χ2v) is 20.4. The molecule has 22 heteroatoms. The summed E-state index contributed by atoms with van der Waals surface area (Å²) in [4.78, 5) is 40.6. The van der Waals surface area contributed by atoms with Crippen LogP contribution in [0.15, 0.2) is 54.3 Å². The Hall–Kier alpha value is -4.14. The second-order valence-electron chi connectivity index (χ2n) is 20.4. The fourth-order valence-corrected chi connectivity index (χ4v) is 10.4. The van der Waals surface area contributed by atoms with Crippen molar-refractivity contribution >= 4 is 17.4 Å². The average Bonchev–Trinajstić information content (AvgIpc) is 3.86. The van der Waals surface area contributed by atoms with Gasteiger partial charge in [0.15, 0.2) is 24.7 Å². The van der Waals surface area contributed by atoms with Gasteiger partial charge in [-0.2, -0.15) is 0 Å². The van der Waals surface area contributed by atoms with Crippen LogP contribution in [0.2, 0.25) is 0 Å². The van der Waals surface area contributed by atoms with E-state index in [9.17, 15) is 40.1 Å². The molecular weight excluding hydrogens is 991 g/mol. The topological polar surface area (TPSA) is 275 Å². The molecule has 428 valence electrons. The molecule has 0 spiro atoms. The number of carbonyl (C=O) groups is 2. The number of allylic oxidation sites excluding steroid dienone is 3. The highest BCUT2D eigenvalue weighted by molar-refractivity contribution is 5.91. The lowest BCUT2D eigenvalue weighted by atomic mass is 9.79. The first-order valence-corrected chi connectivity index (χ1v) is 26.7. The molecule has 17 atom stereocenters. The Kier molecular flexibility index (Phi) is 25.0. The summed E-state index contributed by atoms with van der Waals surface area (Å²) in [7, 11) is 4.71. The zero-order chi connectivity index (χ0) is 55.8. The van der Waals surface area contributed by atoms with Gasteiger partial charge in [0.05, 0.1) is 60.2 Å². The van der Waals surface area contributed by atoms with E-state index in [0.29, 0.717) is 56.8 Å². The average molecular weight is 1080 g/mol. The molecular formula is C54H85N5O17. The van der Waals surface area contributed by atoms with Crippen LogP contribution in [-0.2, 0) is 71.6 Å². The predicted molar refractivity (Wildman–Crippen MR) is 276 cm³/mol. The van der Waals surface area contributed by atoms with Crippen molar-refractivity contribution in [1.82, 2.24) is 19.9 Å². The van der Waals surface area contributed by atoms with E-state index in [1.807, 2.05) is 51.8 Å². The van der Waals surface area contributed by atoms with Crippen LogP contribution in [0.25, 0.3) is 0 Å². The molecule has 2 aromatic rings. The Bertz CT molecular complexity index is 2160. The van der Waals surface area contributed by atoms with Crippen molar-refractivity contribution in [2.75, 3.05) is 47.6 Å². The number of aromatic nitrogens is 3. The van der Waals surface area contributed by atoms with Crippen molar-refractivity contribution in [3.63, 3.8) is 0 Å². The first kappa shape index (κ1) is 62.7. The third-order valence-corrected chi connectivity index (χ3v) is 14.9. The van der Waals surface area contributed by atoms with E-state index in [4.69, 9.17) is 42.6 Å². The fourth-order valence-electron chi connectivity index (χ4n) is 10.4. The number of benzene rings is 1. The largest absolute Gasteiger partial charge is 0.462 e. The number of hydrogen-bond donors (Lipinski definition) is 4. The minimum Gasteiger partial charge on any atom is -0.462 e. The molecule has 5 rings (SSSR count). The van der Waals surface area contributed by atoms with Crippen LogP contribution in [0.4, 0.5) is 5.69 Å². The third kappa shape index (κ3) is 17.2. The fraction of sp³-hybridized carbons (Fsp3) is 0.741. The number of ketones is 1. The van der Waals surface area contributed by atoms with Gasteiger partial charge in [-0.25, -0.2) is 0 Å². The molecule has 2 fully saturated rings. The molecule has 4 N–H and O–H groups in total. The number of nitro groups is 1. The normalized spacial score (nSPS) is 33.4. The lowest BCUT2D eigenvalue weighted by Gasteiger charge is -2.47. The Morgan fingerprint density at radius 1 is 0.882 bits per heavy atom. The van der Waals surface area contributed by atoms with Gasteiger partial charge in [-0.15, -0.1) is 5.10 Å². The van der Waals surface area contributed by atoms with Gasteiger partial charge in [0.1, 0.15) is 30.5 Å². The smallest absolute Gasteiger partial charge is 0.308 e. The van der Waals surface area contributed by atoms with Crippen LogP contribution >= 0.6 is 0 Å². The lowest BCUT2D eigenvalue weighted by Crippen LogP contribution is -2.64. The molecule has 3 aliphatic rings. The van der Waals surface area contributed by atoms with Crippen LogP contribution in [-0.4, -0.2) is 191 Å². The van der Waals surface area contributed by atoms with E-state index in [1.165, 1.54) is 32.4 Å². The number of carbonyl (C=O) groups excluding carboxylic acids is 2. The first-order chi connectivity index (χ1) is 36.2. The van der Waals surface area contributed by atoms with Crippen LogP contribution in [0.5, 0.6) is 0 Å². The van der Waals surface area contributed by atoms with Gasteiger partial charge in [0.2, 0.25) is 0 Å². The van der Waals surface area contributed by atoms with Crippen LogP contribution in [0.1, 0.15) is 92.3 Å². The van der Waals surface area contributed by atoms with E-state index < -0.39 is 127 Å². The first-order valence-electron chi connectivity index (χ1n) is 26.7. The zero-order valence-electron chi connectivity index (χ0n) is 46.1. The van der Waals surface area contributed by atoms with Crippen LogP contribution < -0.4 is 0 Å². The maximum atomic E-state index is 14.1. The quantitative estimate of drug-likeness (QED) is 0.0559. The number of non-ortho nitro benzene ring substituents is 1. The van der Waals surface area contributed by atoms with Gasteiger partial charge >= 0.3 is 5.97 Å². The van der Waals surface area contributed by atoms with Crippen molar-refractivity contribution in [2.45, 2.75) is 186 Å². The Morgan fingerprint density at radius 3 is 2.17 bits per heavy atom. The van der Waals surface area contributed by atoms with Gasteiger partial charge in [0.25, 0.3) is 5.69 Å². The molecule has 0 amide bonds. The molecule has 10 unspecified atom stereocenters. The molecule has 0 aliphatic carbocycles. The minimum atomic E-state index is -1.42. The van der Waals surface area contributed by atoms with Crippen LogP contribution in [0, 0.1) is 33.8 Å². The van der Waals surface area contributed by atoms with Crippen molar-refractivity contribution in [1.29, 1.82) is 0 Å². The number of nitrogens with zero attached hydrogens (tertiary/aromatic N) is 5. The van der Waals surface area contributed by atoms with E-state index in [0.717, 1.165) is 5.56 Å². The van der Waals surface area contributed by atoms with Gasteiger partial charge in [-0.1, -0.05) is 55.8 Å². The highest BCUT2D eigenvalue weighted by Gasteiger charge is 2.49. The summed E-state index contributed by atoms with van der Waals surface area (Å²) in [5.41, 5.74) is 2.30.